The van der Waals surface area contributed by atoms with Gasteiger partial charge in [-0.2, -0.15) is 0 Å². The summed E-state index contributed by atoms with van der Waals surface area (Å²) in [5.41, 5.74) is 1.24. The first-order valence-electron chi connectivity index (χ1n) is 11.9. The fourth-order valence-corrected chi connectivity index (χ4v) is 5.88. The number of nitrogens with zero attached hydrogens (tertiary/aromatic N) is 3. The van der Waals surface area contributed by atoms with E-state index in [-0.39, 0.29) is 35.4 Å². The molecule has 0 saturated carbocycles. The van der Waals surface area contributed by atoms with E-state index in [1.807, 2.05) is 29.0 Å². The molecule has 1 aromatic carbocycles. The Balaban J connectivity index is 1.57. The number of halogens is 2. The Labute approximate surface area is 231 Å². The minimum Gasteiger partial charge on any atom is -0.414 e. The summed E-state index contributed by atoms with van der Waals surface area (Å²) < 4.78 is 21.6. The third-order valence-corrected chi connectivity index (χ3v) is 12.5. The molecule has 1 aliphatic rings. The van der Waals surface area contributed by atoms with Gasteiger partial charge in [0.1, 0.15) is 36.2 Å². The minimum atomic E-state index is -1.95. The van der Waals surface area contributed by atoms with Crippen LogP contribution in [-0.4, -0.2) is 53.6 Å². The normalized spacial score (nSPS) is 20.7. The number of anilines is 1. The maximum atomic E-state index is 12.8. The lowest BCUT2D eigenvalue weighted by atomic mass is 10.2. The highest BCUT2D eigenvalue weighted by atomic mass is 127. The molecule has 4 rings (SSSR count). The summed E-state index contributed by atoms with van der Waals surface area (Å²) >= 11 is 8.18. The number of nitrogens with one attached hydrogen (secondary N) is 1. The van der Waals surface area contributed by atoms with Gasteiger partial charge in [-0.3, -0.25) is 4.79 Å². The zero-order chi connectivity index (χ0) is 26.1. The molecule has 0 aliphatic carbocycles. The number of rotatable bonds is 8. The number of hydrogen-bond donors (Lipinski definition) is 1. The van der Waals surface area contributed by atoms with Crippen LogP contribution in [0.3, 0.4) is 0 Å². The van der Waals surface area contributed by atoms with E-state index in [0.29, 0.717) is 30.1 Å². The Bertz CT molecular complexity index is 1220. The van der Waals surface area contributed by atoms with Crippen LogP contribution < -0.4 is 5.32 Å². The SMILES string of the molecule is CC(C)(C)[Si](C)(C)OC[C@H]1O[C@@H](n2cc(I)c3c(NC(=O)c4ccccc4)ncnc32)C[C@H]1OCCl. The second kappa shape index (κ2) is 11.0. The van der Waals surface area contributed by atoms with E-state index in [9.17, 15) is 4.79 Å². The van der Waals surface area contributed by atoms with Crippen LogP contribution in [0.4, 0.5) is 5.82 Å². The first kappa shape index (κ1) is 27.5. The van der Waals surface area contributed by atoms with Crippen molar-refractivity contribution in [1.29, 1.82) is 0 Å². The van der Waals surface area contributed by atoms with E-state index in [2.05, 4.69) is 71.7 Å². The third-order valence-electron chi connectivity index (χ3n) is 7.01. The highest BCUT2D eigenvalue weighted by Crippen LogP contribution is 2.39. The molecule has 8 nitrogen and oxygen atoms in total. The molecule has 1 amide bonds. The van der Waals surface area contributed by atoms with Crippen molar-refractivity contribution >= 4 is 65.3 Å². The summed E-state index contributed by atoms with van der Waals surface area (Å²) in [7, 11) is -1.95. The number of ether oxygens (including phenoxy) is 2. The molecule has 2 aromatic heterocycles. The summed E-state index contributed by atoms with van der Waals surface area (Å²) in [6.45, 7) is 11.5. The molecule has 1 aliphatic heterocycles. The topological polar surface area (TPSA) is 87.5 Å². The van der Waals surface area contributed by atoms with Crippen molar-refractivity contribution in [2.24, 2.45) is 0 Å². The van der Waals surface area contributed by atoms with Gasteiger partial charge in [0.05, 0.1) is 18.1 Å². The van der Waals surface area contributed by atoms with E-state index < -0.39 is 8.32 Å². The van der Waals surface area contributed by atoms with Gasteiger partial charge in [-0.05, 0) is 52.9 Å². The molecule has 36 heavy (non-hydrogen) atoms. The van der Waals surface area contributed by atoms with Gasteiger partial charge in [0.15, 0.2) is 8.32 Å². The van der Waals surface area contributed by atoms with Crippen molar-refractivity contribution in [2.45, 2.75) is 63.8 Å². The molecule has 0 bridgehead atoms. The maximum absolute atomic E-state index is 12.8. The van der Waals surface area contributed by atoms with Gasteiger partial charge in [-0.25, -0.2) is 9.97 Å². The van der Waals surface area contributed by atoms with Crippen LogP contribution in [0.2, 0.25) is 18.1 Å². The Morgan fingerprint density at radius 3 is 2.67 bits per heavy atom. The number of fused-ring (bicyclic) bond motifs is 1. The number of alkyl halides is 1. The number of amides is 1. The Kier molecular flexibility index (Phi) is 8.42. The number of carbonyl (C=O) groups excluding carboxylic acids is 1. The molecule has 3 atom stereocenters. The zero-order valence-corrected chi connectivity index (χ0v) is 25.0. The first-order chi connectivity index (χ1) is 17.0. The predicted octanol–water partition coefficient (Wildman–Crippen LogP) is 6.18. The van der Waals surface area contributed by atoms with Crippen molar-refractivity contribution in [3.63, 3.8) is 0 Å². The smallest absolute Gasteiger partial charge is 0.256 e. The number of hydrogen-bond acceptors (Lipinski definition) is 6. The van der Waals surface area contributed by atoms with E-state index in [1.165, 1.54) is 6.33 Å². The van der Waals surface area contributed by atoms with Gasteiger partial charge in [0.2, 0.25) is 0 Å². The molecule has 3 aromatic rings. The fourth-order valence-electron chi connectivity index (χ4n) is 3.91. The van der Waals surface area contributed by atoms with Crippen LogP contribution in [-0.2, 0) is 13.9 Å². The van der Waals surface area contributed by atoms with Gasteiger partial charge < -0.3 is 23.8 Å². The number of benzene rings is 1. The van der Waals surface area contributed by atoms with Crippen LogP contribution in [0, 0.1) is 3.57 Å². The number of aromatic nitrogens is 3. The molecule has 11 heteroatoms. The molecule has 0 radical (unpaired) electrons. The highest BCUT2D eigenvalue weighted by Gasteiger charge is 2.42. The lowest BCUT2D eigenvalue weighted by molar-refractivity contribution is -0.0511. The summed E-state index contributed by atoms with van der Waals surface area (Å²) in [5, 5.41) is 3.79. The van der Waals surface area contributed by atoms with Crippen LogP contribution in [0.5, 0.6) is 0 Å². The number of carbonyl (C=O) groups is 1. The first-order valence-corrected chi connectivity index (χ1v) is 16.4. The van der Waals surface area contributed by atoms with Crippen LogP contribution in [0.1, 0.15) is 43.8 Å². The highest BCUT2D eigenvalue weighted by molar-refractivity contribution is 14.1. The predicted molar refractivity (Wildman–Crippen MR) is 152 cm³/mol. The van der Waals surface area contributed by atoms with Crippen LogP contribution in [0.15, 0.2) is 42.9 Å². The molecule has 0 spiro atoms. The van der Waals surface area contributed by atoms with Crippen molar-refractivity contribution < 1.29 is 18.7 Å². The molecule has 3 heterocycles. The summed E-state index contributed by atoms with van der Waals surface area (Å²) in [4.78, 5) is 21.6. The van der Waals surface area contributed by atoms with Crippen molar-refractivity contribution in [1.82, 2.24) is 14.5 Å². The third kappa shape index (κ3) is 5.78. The average molecular weight is 643 g/mol. The molecule has 194 valence electrons. The van der Waals surface area contributed by atoms with Gasteiger partial charge in [0, 0.05) is 21.8 Å². The molecule has 1 fully saturated rings. The molecule has 1 saturated heterocycles. The second-order valence-corrected chi connectivity index (χ2v) is 16.6. The van der Waals surface area contributed by atoms with Crippen molar-refractivity contribution in [3.8, 4) is 0 Å². The summed E-state index contributed by atoms with van der Waals surface area (Å²) in [6, 6.07) is 9.13. The van der Waals surface area contributed by atoms with E-state index in [4.69, 9.17) is 25.5 Å². The Hall–Kier alpha value is -1.57. The largest absolute Gasteiger partial charge is 0.414 e. The van der Waals surface area contributed by atoms with Gasteiger partial charge in [-0.15, -0.1) is 0 Å². The summed E-state index contributed by atoms with van der Waals surface area (Å²) in [6.07, 6.45) is 3.26. The molecule has 0 unspecified atom stereocenters. The van der Waals surface area contributed by atoms with Crippen LogP contribution >= 0.6 is 34.2 Å². The molecular weight excluding hydrogens is 611 g/mol. The van der Waals surface area contributed by atoms with E-state index in [1.54, 1.807) is 12.1 Å². The monoisotopic (exact) mass is 642 g/mol. The van der Waals surface area contributed by atoms with Crippen molar-refractivity contribution in [2.75, 3.05) is 18.0 Å². The fraction of sp³-hybridized carbons (Fsp3) is 0.480. The van der Waals surface area contributed by atoms with Crippen molar-refractivity contribution in [3.05, 3.63) is 52.0 Å². The lowest BCUT2D eigenvalue weighted by Crippen LogP contribution is -2.44. The quantitative estimate of drug-likeness (QED) is 0.179. The standard InChI is InChI=1S/C25H32ClIN4O4Si/c1-25(2,3)36(4,5)34-13-19-18(33-14-26)11-20(35-19)31-12-17(27)21-22(28-15-29-23(21)31)30-24(32)16-9-7-6-8-10-16/h6-10,12,15,18-20H,11,13-14H2,1-5H3,(H,28,29,30,32)/t18-,19-,20-/m1/s1. The molecular formula is C25H32ClIN4O4Si. The summed E-state index contributed by atoms with van der Waals surface area (Å²) in [5.74, 6) is 0.232. The maximum Gasteiger partial charge on any atom is 0.256 e. The van der Waals surface area contributed by atoms with Crippen LogP contribution in [0.25, 0.3) is 11.0 Å². The average Bonchev–Trinajstić information content (AvgIpc) is 3.39. The van der Waals surface area contributed by atoms with E-state index in [0.717, 1.165) is 8.96 Å². The Morgan fingerprint density at radius 2 is 2.00 bits per heavy atom. The second-order valence-electron chi connectivity index (χ2n) is 10.4. The lowest BCUT2D eigenvalue weighted by Gasteiger charge is -2.37. The minimum absolute atomic E-state index is 0.0825. The zero-order valence-electron chi connectivity index (χ0n) is 21.1. The molecule has 1 N–H and O–H groups in total. The Morgan fingerprint density at radius 1 is 1.28 bits per heavy atom. The van der Waals surface area contributed by atoms with Gasteiger partial charge in [-0.1, -0.05) is 50.6 Å². The van der Waals surface area contributed by atoms with E-state index >= 15 is 0 Å². The van der Waals surface area contributed by atoms with Gasteiger partial charge in [0.25, 0.3) is 5.91 Å². The van der Waals surface area contributed by atoms with Gasteiger partial charge >= 0.3 is 0 Å².